The van der Waals surface area contributed by atoms with Gasteiger partial charge in [-0.25, -0.2) is 15.0 Å². The van der Waals surface area contributed by atoms with Gasteiger partial charge in [-0.3, -0.25) is 4.57 Å². The van der Waals surface area contributed by atoms with Gasteiger partial charge in [-0.2, -0.15) is 9.97 Å². The lowest BCUT2D eigenvalue weighted by Gasteiger charge is -2.13. The summed E-state index contributed by atoms with van der Waals surface area (Å²) in [6.07, 6.45) is 0. The van der Waals surface area contributed by atoms with Crippen molar-refractivity contribution in [2.45, 2.75) is 0 Å². The van der Waals surface area contributed by atoms with Crippen LogP contribution < -0.4 is 0 Å². The van der Waals surface area contributed by atoms with Crippen molar-refractivity contribution in [2.24, 2.45) is 0 Å². The molecular weight excluding hydrogens is 831 g/mol. The fourth-order valence-electron chi connectivity index (χ4n) is 9.65. The second kappa shape index (κ2) is 16.3. The molecule has 318 valence electrons. The van der Waals surface area contributed by atoms with Crippen LogP contribution in [0.2, 0.25) is 0 Å². The van der Waals surface area contributed by atoms with Crippen LogP contribution in [0.1, 0.15) is 0 Å². The molecule has 0 aliphatic rings. The zero-order valence-corrected chi connectivity index (χ0v) is 36.6. The minimum atomic E-state index is 0.549. The molecule has 0 saturated heterocycles. The fourth-order valence-corrected chi connectivity index (χ4v) is 9.65. The van der Waals surface area contributed by atoms with Gasteiger partial charge in [-0.15, -0.1) is 0 Å². The number of hydrogen-bond donors (Lipinski definition) is 0. The molecule has 9 aromatic carbocycles. The molecule has 0 saturated carbocycles. The Bertz CT molecular complexity index is 3950. The molecule has 4 aromatic heterocycles. The molecule has 0 aliphatic carbocycles. The highest BCUT2D eigenvalue weighted by Gasteiger charge is 2.22. The van der Waals surface area contributed by atoms with Gasteiger partial charge in [0.2, 0.25) is 5.95 Å². The number of nitrogens with zero attached hydrogens (tertiary/aromatic N) is 7. The van der Waals surface area contributed by atoms with Gasteiger partial charge in [0.05, 0.1) is 33.5 Å². The van der Waals surface area contributed by atoms with E-state index in [-0.39, 0.29) is 0 Å². The third kappa shape index (κ3) is 6.72. The van der Waals surface area contributed by atoms with Crippen molar-refractivity contribution < 1.29 is 0 Å². The number of rotatable bonds is 8. The Labute approximate surface area is 392 Å². The Morgan fingerprint density at radius 3 is 1.34 bits per heavy atom. The van der Waals surface area contributed by atoms with Crippen molar-refractivity contribution in [1.29, 1.82) is 0 Å². The molecule has 7 nitrogen and oxygen atoms in total. The predicted octanol–water partition coefficient (Wildman–Crippen LogP) is 14.9. The molecule has 0 unspecified atom stereocenters. The normalized spacial score (nSPS) is 11.5. The highest BCUT2D eigenvalue weighted by molar-refractivity contribution is 6.19. The van der Waals surface area contributed by atoms with Crippen LogP contribution >= 0.6 is 0 Å². The molecule has 0 N–H and O–H groups in total. The summed E-state index contributed by atoms with van der Waals surface area (Å²) < 4.78 is 4.59. The first-order valence-corrected chi connectivity index (χ1v) is 22.8. The van der Waals surface area contributed by atoms with E-state index in [1.807, 2.05) is 66.7 Å². The van der Waals surface area contributed by atoms with Crippen LogP contribution in [0.25, 0.3) is 123 Å². The summed E-state index contributed by atoms with van der Waals surface area (Å²) in [5.74, 6) is 2.44. The molecule has 68 heavy (non-hydrogen) atoms. The van der Waals surface area contributed by atoms with Crippen LogP contribution in [0.15, 0.2) is 237 Å². The van der Waals surface area contributed by atoms with Gasteiger partial charge in [0.1, 0.15) is 0 Å². The second-order valence-corrected chi connectivity index (χ2v) is 16.9. The van der Waals surface area contributed by atoms with Gasteiger partial charge in [-0.05, 0) is 53.6 Å². The van der Waals surface area contributed by atoms with Gasteiger partial charge in [0.15, 0.2) is 17.5 Å². The summed E-state index contributed by atoms with van der Waals surface area (Å²) in [6, 6.07) is 82.1. The van der Waals surface area contributed by atoms with Crippen molar-refractivity contribution in [3.63, 3.8) is 0 Å². The summed E-state index contributed by atoms with van der Waals surface area (Å²) in [7, 11) is 0. The van der Waals surface area contributed by atoms with Gasteiger partial charge < -0.3 is 4.57 Å². The van der Waals surface area contributed by atoms with Crippen LogP contribution in [-0.2, 0) is 0 Å². The molecule has 0 aliphatic heterocycles. The molecule has 0 fully saturated rings. The van der Waals surface area contributed by atoms with E-state index in [1.54, 1.807) is 0 Å². The molecule has 0 amide bonds. The minimum absolute atomic E-state index is 0.549. The van der Waals surface area contributed by atoms with Gasteiger partial charge >= 0.3 is 0 Å². The van der Waals surface area contributed by atoms with E-state index in [0.717, 1.165) is 99.6 Å². The SMILES string of the molecule is c1ccc(-c2cc(-c3cccc(-n4c5ccccc5c5cc6c(cc54)c4ccccc4n6-c4nc(-c5ccccc5)nc(-c5ccccc5-c5ccccc5)n4)c3)nc(-c3ccccc3)n2)cc1. The average Bonchev–Trinajstić information content (AvgIpc) is 3.93. The van der Waals surface area contributed by atoms with E-state index in [4.69, 9.17) is 24.9 Å². The summed E-state index contributed by atoms with van der Waals surface area (Å²) in [5.41, 5.74) is 14.0. The molecule has 0 spiro atoms. The first-order chi connectivity index (χ1) is 33.7. The van der Waals surface area contributed by atoms with Crippen molar-refractivity contribution in [3.8, 4) is 79.4 Å². The van der Waals surface area contributed by atoms with Crippen LogP contribution in [0.4, 0.5) is 0 Å². The largest absolute Gasteiger partial charge is 0.309 e. The Morgan fingerprint density at radius 2 is 0.706 bits per heavy atom. The van der Waals surface area contributed by atoms with E-state index in [9.17, 15) is 0 Å². The Hall–Kier alpha value is -9.33. The van der Waals surface area contributed by atoms with Crippen molar-refractivity contribution in [1.82, 2.24) is 34.1 Å². The summed E-state index contributed by atoms with van der Waals surface area (Å²) in [5, 5.41) is 4.46. The third-order valence-corrected chi connectivity index (χ3v) is 12.8. The molecule has 4 heterocycles. The average molecular weight is 870 g/mol. The standard InChI is InChI=1S/C61H39N7/c1-5-20-40(21-6-1)46-30-13-14-33-49(46)60-64-59(43-26-11-4-12-27-43)65-61(66-60)68-55-35-18-16-32-48(55)51-37-56-50(38-57(51)68)47-31-15-17-34-54(47)67(56)45-29-19-28-44(36-45)53-39-52(41-22-7-2-8-23-41)62-58(63-53)42-24-9-3-10-25-42/h1-39H. The number of fused-ring (bicyclic) bond motifs is 6. The lowest BCUT2D eigenvalue weighted by atomic mass is 9.99. The van der Waals surface area contributed by atoms with Gasteiger partial charge in [0, 0.05) is 55.0 Å². The summed E-state index contributed by atoms with van der Waals surface area (Å²) in [4.78, 5) is 26.1. The number of hydrogen-bond acceptors (Lipinski definition) is 5. The molecule has 13 aromatic rings. The smallest absolute Gasteiger partial charge is 0.238 e. The zero-order chi connectivity index (χ0) is 45.0. The Kier molecular flexibility index (Phi) is 9.35. The van der Waals surface area contributed by atoms with E-state index in [2.05, 4.69) is 179 Å². The third-order valence-electron chi connectivity index (χ3n) is 12.8. The molecule has 0 radical (unpaired) electrons. The minimum Gasteiger partial charge on any atom is -0.309 e. The number of aromatic nitrogens is 7. The van der Waals surface area contributed by atoms with Crippen LogP contribution in [0.3, 0.4) is 0 Å². The van der Waals surface area contributed by atoms with Crippen LogP contribution in [0, 0.1) is 0 Å². The van der Waals surface area contributed by atoms with Gasteiger partial charge in [-0.1, -0.05) is 194 Å². The molecular formula is C61H39N7. The lowest BCUT2D eigenvalue weighted by molar-refractivity contribution is 0.954. The highest BCUT2D eigenvalue weighted by Crippen LogP contribution is 2.41. The Balaban J connectivity index is 1.03. The maximum absolute atomic E-state index is 5.37. The van der Waals surface area contributed by atoms with Crippen LogP contribution in [0.5, 0.6) is 0 Å². The first kappa shape index (κ1) is 39.1. The monoisotopic (exact) mass is 869 g/mol. The van der Waals surface area contributed by atoms with Crippen molar-refractivity contribution >= 4 is 43.6 Å². The summed E-state index contributed by atoms with van der Waals surface area (Å²) in [6.45, 7) is 0. The number of para-hydroxylation sites is 2. The first-order valence-electron chi connectivity index (χ1n) is 22.8. The zero-order valence-electron chi connectivity index (χ0n) is 36.6. The predicted molar refractivity (Wildman–Crippen MR) is 277 cm³/mol. The van der Waals surface area contributed by atoms with E-state index >= 15 is 0 Å². The molecule has 13 rings (SSSR count). The quantitative estimate of drug-likeness (QED) is 0.152. The Morgan fingerprint density at radius 1 is 0.250 bits per heavy atom. The van der Waals surface area contributed by atoms with Gasteiger partial charge in [0.25, 0.3) is 0 Å². The molecule has 0 atom stereocenters. The maximum Gasteiger partial charge on any atom is 0.238 e. The second-order valence-electron chi connectivity index (χ2n) is 16.9. The van der Waals surface area contributed by atoms with Crippen molar-refractivity contribution in [2.75, 3.05) is 0 Å². The van der Waals surface area contributed by atoms with Crippen molar-refractivity contribution in [3.05, 3.63) is 237 Å². The molecule has 0 bridgehead atoms. The summed E-state index contributed by atoms with van der Waals surface area (Å²) >= 11 is 0. The maximum atomic E-state index is 5.37. The van der Waals surface area contributed by atoms with E-state index in [1.165, 1.54) is 0 Å². The highest BCUT2D eigenvalue weighted by atomic mass is 15.2. The lowest BCUT2D eigenvalue weighted by Crippen LogP contribution is -2.06. The fraction of sp³-hybridized carbons (Fsp3) is 0. The van der Waals surface area contributed by atoms with E-state index < -0.39 is 0 Å². The topological polar surface area (TPSA) is 74.3 Å². The number of benzene rings is 9. The van der Waals surface area contributed by atoms with E-state index in [0.29, 0.717) is 23.4 Å². The van der Waals surface area contributed by atoms with Crippen LogP contribution in [-0.4, -0.2) is 34.1 Å². The molecule has 7 heteroatoms.